The van der Waals surface area contributed by atoms with Crippen LogP contribution in [-0.4, -0.2) is 71.4 Å². The lowest BCUT2D eigenvalue weighted by Gasteiger charge is -2.37. The maximum Gasteiger partial charge on any atom is 0.289 e. The van der Waals surface area contributed by atoms with E-state index in [4.69, 9.17) is 13.9 Å². The Bertz CT molecular complexity index is 997. The number of ether oxygens (including phenoxy) is 2. The molecule has 31 heavy (non-hydrogen) atoms. The minimum atomic E-state index is -0.481. The summed E-state index contributed by atoms with van der Waals surface area (Å²) in [5.41, 5.74) is 0.895. The summed E-state index contributed by atoms with van der Waals surface area (Å²) in [6.45, 7) is 2.30. The number of carbonyl (C=O) groups is 3. The number of likely N-dealkylation sites (tertiary alicyclic amines) is 1. The summed E-state index contributed by atoms with van der Waals surface area (Å²) in [5.74, 6) is 1.39. The standard InChI is InChI=1S/C22H23N3O6/c26-20-6-4-16(25(20)13-15-3-5-17-19(12-15)31-14-30-17)21(27)23-7-9-24(10-8-23)22(28)18-2-1-11-29-18/h1-3,5,11-12,16H,4,6-10,13-14H2. The molecule has 1 unspecified atom stereocenters. The zero-order chi connectivity index (χ0) is 21.4. The summed E-state index contributed by atoms with van der Waals surface area (Å²) in [5, 5.41) is 0. The van der Waals surface area contributed by atoms with Crippen LogP contribution in [0.4, 0.5) is 0 Å². The van der Waals surface area contributed by atoms with E-state index in [1.807, 2.05) is 18.2 Å². The molecule has 9 nitrogen and oxygen atoms in total. The van der Waals surface area contributed by atoms with Gasteiger partial charge in [0.25, 0.3) is 5.91 Å². The van der Waals surface area contributed by atoms with Gasteiger partial charge in [0.1, 0.15) is 6.04 Å². The van der Waals surface area contributed by atoms with Gasteiger partial charge in [-0.1, -0.05) is 6.07 Å². The number of piperazine rings is 1. The van der Waals surface area contributed by atoms with E-state index in [9.17, 15) is 14.4 Å². The fraction of sp³-hybridized carbons (Fsp3) is 0.409. The Balaban J connectivity index is 1.22. The highest BCUT2D eigenvalue weighted by atomic mass is 16.7. The van der Waals surface area contributed by atoms with Crippen molar-refractivity contribution in [3.8, 4) is 11.5 Å². The molecule has 2 fully saturated rings. The minimum Gasteiger partial charge on any atom is -0.459 e. The molecule has 0 spiro atoms. The number of hydrogen-bond acceptors (Lipinski definition) is 6. The summed E-state index contributed by atoms with van der Waals surface area (Å²) in [6, 6.07) is 8.40. The molecule has 0 N–H and O–H groups in total. The fourth-order valence-electron chi connectivity index (χ4n) is 4.32. The van der Waals surface area contributed by atoms with Gasteiger partial charge in [-0.25, -0.2) is 0 Å². The molecule has 3 aliphatic heterocycles. The molecule has 0 radical (unpaired) electrons. The number of rotatable bonds is 4. The average molecular weight is 425 g/mol. The molecule has 3 amide bonds. The van der Waals surface area contributed by atoms with Crippen LogP contribution in [0, 0.1) is 0 Å². The number of benzene rings is 1. The third-order valence-corrected chi connectivity index (χ3v) is 6.01. The number of furan rings is 1. The second-order valence-corrected chi connectivity index (χ2v) is 7.86. The maximum absolute atomic E-state index is 13.2. The van der Waals surface area contributed by atoms with Gasteiger partial charge in [0.15, 0.2) is 17.3 Å². The average Bonchev–Trinajstić information content (AvgIpc) is 3.55. The van der Waals surface area contributed by atoms with E-state index < -0.39 is 6.04 Å². The number of amides is 3. The monoisotopic (exact) mass is 425 g/mol. The molecule has 0 bridgehead atoms. The van der Waals surface area contributed by atoms with Crippen molar-refractivity contribution >= 4 is 17.7 Å². The molecule has 5 rings (SSSR count). The predicted molar refractivity (Wildman–Crippen MR) is 107 cm³/mol. The van der Waals surface area contributed by atoms with E-state index in [1.54, 1.807) is 26.8 Å². The van der Waals surface area contributed by atoms with Gasteiger partial charge in [0, 0.05) is 39.1 Å². The van der Waals surface area contributed by atoms with Crippen LogP contribution in [0.25, 0.3) is 0 Å². The van der Waals surface area contributed by atoms with Crippen molar-refractivity contribution < 1.29 is 28.3 Å². The lowest BCUT2D eigenvalue weighted by Crippen LogP contribution is -2.54. The van der Waals surface area contributed by atoms with Gasteiger partial charge in [-0.15, -0.1) is 0 Å². The van der Waals surface area contributed by atoms with Crippen molar-refractivity contribution in [2.24, 2.45) is 0 Å². The third kappa shape index (κ3) is 3.71. The Labute approximate surface area is 179 Å². The summed E-state index contributed by atoms with van der Waals surface area (Å²) in [6.07, 6.45) is 2.34. The van der Waals surface area contributed by atoms with E-state index in [-0.39, 0.29) is 24.5 Å². The maximum atomic E-state index is 13.2. The summed E-state index contributed by atoms with van der Waals surface area (Å²) < 4.78 is 15.9. The molecule has 3 aliphatic rings. The van der Waals surface area contributed by atoms with Crippen LogP contribution in [0.15, 0.2) is 41.0 Å². The van der Waals surface area contributed by atoms with Crippen LogP contribution in [0.3, 0.4) is 0 Å². The van der Waals surface area contributed by atoms with Crippen molar-refractivity contribution in [2.45, 2.75) is 25.4 Å². The topological polar surface area (TPSA) is 92.5 Å². The lowest BCUT2D eigenvalue weighted by molar-refractivity contribution is -0.142. The number of nitrogens with zero attached hydrogens (tertiary/aromatic N) is 3. The van der Waals surface area contributed by atoms with Crippen molar-refractivity contribution in [1.82, 2.24) is 14.7 Å². The first-order valence-corrected chi connectivity index (χ1v) is 10.4. The molecule has 2 saturated heterocycles. The highest BCUT2D eigenvalue weighted by molar-refractivity contribution is 5.92. The van der Waals surface area contributed by atoms with Gasteiger partial charge in [0.05, 0.1) is 6.26 Å². The Kier molecular flexibility index (Phi) is 5.01. The first-order valence-electron chi connectivity index (χ1n) is 10.4. The Morgan fingerprint density at radius 2 is 1.77 bits per heavy atom. The molecular weight excluding hydrogens is 402 g/mol. The molecule has 0 saturated carbocycles. The fourth-order valence-corrected chi connectivity index (χ4v) is 4.32. The van der Waals surface area contributed by atoms with Crippen LogP contribution in [0.5, 0.6) is 11.5 Å². The first kappa shape index (κ1) is 19.5. The van der Waals surface area contributed by atoms with Crippen molar-refractivity contribution in [1.29, 1.82) is 0 Å². The smallest absolute Gasteiger partial charge is 0.289 e. The Morgan fingerprint density at radius 1 is 1.00 bits per heavy atom. The SMILES string of the molecule is O=C(c1ccco1)N1CCN(C(=O)C2CCC(=O)N2Cc2ccc3c(c2)OCO3)CC1. The van der Waals surface area contributed by atoms with Gasteiger partial charge in [-0.05, 0) is 36.2 Å². The number of hydrogen-bond donors (Lipinski definition) is 0. The molecule has 162 valence electrons. The van der Waals surface area contributed by atoms with Gasteiger partial charge in [0.2, 0.25) is 18.6 Å². The van der Waals surface area contributed by atoms with Crippen molar-refractivity contribution in [3.05, 3.63) is 47.9 Å². The zero-order valence-corrected chi connectivity index (χ0v) is 17.0. The van der Waals surface area contributed by atoms with Gasteiger partial charge >= 0.3 is 0 Å². The molecule has 4 heterocycles. The highest BCUT2D eigenvalue weighted by Crippen LogP contribution is 2.33. The molecular formula is C22H23N3O6. The van der Waals surface area contributed by atoms with Crippen LogP contribution in [0.2, 0.25) is 0 Å². The second kappa shape index (κ2) is 7.98. The van der Waals surface area contributed by atoms with Crippen LogP contribution in [0.1, 0.15) is 29.0 Å². The molecule has 0 aliphatic carbocycles. The molecule has 9 heteroatoms. The van der Waals surface area contributed by atoms with Crippen LogP contribution >= 0.6 is 0 Å². The lowest BCUT2D eigenvalue weighted by atomic mass is 10.1. The molecule has 2 aromatic rings. The predicted octanol–water partition coefficient (Wildman–Crippen LogP) is 1.48. The summed E-state index contributed by atoms with van der Waals surface area (Å²) in [4.78, 5) is 43.2. The van der Waals surface area contributed by atoms with E-state index in [0.29, 0.717) is 62.8 Å². The first-order chi connectivity index (χ1) is 15.1. The quantitative estimate of drug-likeness (QED) is 0.737. The van der Waals surface area contributed by atoms with Gasteiger partial charge < -0.3 is 28.6 Å². The van der Waals surface area contributed by atoms with E-state index in [2.05, 4.69) is 0 Å². The van der Waals surface area contributed by atoms with Crippen molar-refractivity contribution in [3.63, 3.8) is 0 Å². The molecule has 1 aromatic carbocycles. The highest BCUT2D eigenvalue weighted by Gasteiger charge is 2.39. The van der Waals surface area contributed by atoms with E-state index in [1.165, 1.54) is 6.26 Å². The normalized spacial score (nSPS) is 20.5. The Hall–Kier alpha value is -3.49. The van der Waals surface area contributed by atoms with Gasteiger partial charge in [-0.3, -0.25) is 14.4 Å². The van der Waals surface area contributed by atoms with Crippen LogP contribution < -0.4 is 9.47 Å². The molecule has 1 atom stereocenters. The summed E-state index contributed by atoms with van der Waals surface area (Å²) >= 11 is 0. The molecule has 1 aromatic heterocycles. The number of fused-ring (bicyclic) bond motifs is 1. The second-order valence-electron chi connectivity index (χ2n) is 7.86. The van der Waals surface area contributed by atoms with Crippen molar-refractivity contribution in [2.75, 3.05) is 33.0 Å². The summed E-state index contributed by atoms with van der Waals surface area (Å²) in [7, 11) is 0. The number of carbonyl (C=O) groups excluding carboxylic acids is 3. The Morgan fingerprint density at radius 3 is 2.55 bits per heavy atom. The third-order valence-electron chi connectivity index (χ3n) is 6.01. The van der Waals surface area contributed by atoms with Gasteiger partial charge in [-0.2, -0.15) is 0 Å². The van der Waals surface area contributed by atoms with Crippen LogP contribution in [-0.2, 0) is 16.1 Å². The largest absolute Gasteiger partial charge is 0.459 e. The van der Waals surface area contributed by atoms with E-state index >= 15 is 0 Å². The zero-order valence-electron chi connectivity index (χ0n) is 17.0. The van der Waals surface area contributed by atoms with E-state index in [0.717, 1.165) is 5.56 Å². The minimum absolute atomic E-state index is 0.0253.